The van der Waals surface area contributed by atoms with Gasteiger partial charge >= 0.3 is 0 Å². The predicted octanol–water partition coefficient (Wildman–Crippen LogP) is 1.60. The second-order valence-corrected chi connectivity index (χ2v) is 4.81. The first-order valence-electron chi connectivity index (χ1n) is 5.77. The molecule has 0 aromatic rings. The van der Waals surface area contributed by atoms with Crippen LogP contribution >= 0.6 is 0 Å². The van der Waals surface area contributed by atoms with Crippen LogP contribution < -0.4 is 5.73 Å². The second kappa shape index (κ2) is 3.97. The SMILES string of the molecule is CC(CCCN)N1CC2CCC1C2. The summed E-state index contributed by atoms with van der Waals surface area (Å²) in [5.41, 5.74) is 5.53. The number of nitrogens with two attached hydrogens (primary N) is 1. The smallest absolute Gasteiger partial charge is 0.0101 e. The second-order valence-electron chi connectivity index (χ2n) is 4.81. The van der Waals surface area contributed by atoms with Crippen LogP contribution in [0.15, 0.2) is 0 Å². The van der Waals surface area contributed by atoms with Crippen molar-refractivity contribution in [2.75, 3.05) is 13.1 Å². The van der Waals surface area contributed by atoms with Gasteiger partial charge in [0.15, 0.2) is 0 Å². The first-order valence-corrected chi connectivity index (χ1v) is 5.77. The van der Waals surface area contributed by atoms with Crippen LogP contribution in [0.2, 0.25) is 0 Å². The Morgan fingerprint density at radius 1 is 1.46 bits per heavy atom. The summed E-state index contributed by atoms with van der Waals surface area (Å²) in [7, 11) is 0. The number of hydrogen-bond donors (Lipinski definition) is 1. The van der Waals surface area contributed by atoms with Gasteiger partial charge in [0.1, 0.15) is 0 Å². The lowest BCUT2D eigenvalue weighted by Gasteiger charge is -2.32. The van der Waals surface area contributed by atoms with Crippen molar-refractivity contribution in [1.82, 2.24) is 4.90 Å². The summed E-state index contributed by atoms with van der Waals surface area (Å²) >= 11 is 0. The zero-order valence-corrected chi connectivity index (χ0v) is 8.71. The highest BCUT2D eigenvalue weighted by atomic mass is 15.2. The maximum atomic E-state index is 5.53. The topological polar surface area (TPSA) is 29.3 Å². The molecular formula is C11H22N2. The Labute approximate surface area is 81.5 Å². The van der Waals surface area contributed by atoms with E-state index in [-0.39, 0.29) is 0 Å². The summed E-state index contributed by atoms with van der Waals surface area (Å²) in [5, 5.41) is 0. The van der Waals surface area contributed by atoms with Gasteiger partial charge in [-0.25, -0.2) is 0 Å². The van der Waals surface area contributed by atoms with E-state index in [0.717, 1.165) is 24.5 Å². The minimum atomic E-state index is 0.777. The molecule has 2 fully saturated rings. The van der Waals surface area contributed by atoms with E-state index < -0.39 is 0 Å². The van der Waals surface area contributed by atoms with Crippen molar-refractivity contribution >= 4 is 0 Å². The molecule has 1 saturated heterocycles. The Kier molecular flexibility index (Phi) is 2.89. The van der Waals surface area contributed by atoms with Crippen LogP contribution in [0.1, 0.15) is 39.0 Å². The molecular weight excluding hydrogens is 160 g/mol. The van der Waals surface area contributed by atoms with Gasteiger partial charge < -0.3 is 5.73 Å². The van der Waals surface area contributed by atoms with E-state index in [2.05, 4.69) is 11.8 Å². The van der Waals surface area contributed by atoms with Crippen molar-refractivity contribution in [1.29, 1.82) is 0 Å². The lowest BCUT2D eigenvalue weighted by molar-refractivity contribution is 0.151. The maximum Gasteiger partial charge on any atom is 0.0101 e. The van der Waals surface area contributed by atoms with Gasteiger partial charge in [0.05, 0.1) is 0 Å². The molecule has 1 heterocycles. The largest absolute Gasteiger partial charge is 0.330 e. The lowest BCUT2D eigenvalue weighted by Crippen LogP contribution is -2.39. The molecule has 2 nitrogen and oxygen atoms in total. The Balaban J connectivity index is 1.80. The summed E-state index contributed by atoms with van der Waals surface area (Å²) in [6.45, 7) is 4.60. The van der Waals surface area contributed by atoms with Gasteiger partial charge in [-0.15, -0.1) is 0 Å². The minimum absolute atomic E-state index is 0.777. The molecule has 1 aliphatic heterocycles. The summed E-state index contributed by atoms with van der Waals surface area (Å²) in [6.07, 6.45) is 6.91. The van der Waals surface area contributed by atoms with Gasteiger partial charge in [-0.2, -0.15) is 0 Å². The number of piperidine rings is 1. The normalized spacial score (nSPS) is 35.5. The average molecular weight is 182 g/mol. The average Bonchev–Trinajstić information content (AvgIpc) is 2.74. The highest BCUT2D eigenvalue weighted by Crippen LogP contribution is 2.38. The van der Waals surface area contributed by atoms with E-state index in [4.69, 9.17) is 5.73 Å². The third kappa shape index (κ3) is 1.89. The summed E-state index contributed by atoms with van der Waals surface area (Å²) < 4.78 is 0. The molecule has 3 unspecified atom stereocenters. The van der Waals surface area contributed by atoms with Gasteiger partial charge in [-0.3, -0.25) is 4.90 Å². The maximum absolute atomic E-state index is 5.53. The van der Waals surface area contributed by atoms with E-state index >= 15 is 0 Å². The predicted molar refractivity (Wildman–Crippen MR) is 55.6 cm³/mol. The van der Waals surface area contributed by atoms with Crippen molar-refractivity contribution in [3.63, 3.8) is 0 Å². The fourth-order valence-electron chi connectivity index (χ4n) is 3.08. The molecule has 0 radical (unpaired) electrons. The van der Waals surface area contributed by atoms with Crippen LogP contribution in [0.25, 0.3) is 0 Å². The highest BCUT2D eigenvalue weighted by molar-refractivity contribution is 4.94. The van der Waals surface area contributed by atoms with Crippen LogP contribution in [0.4, 0.5) is 0 Å². The third-order valence-electron chi connectivity index (χ3n) is 3.84. The summed E-state index contributed by atoms with van der Waals surface area (Å²) in [5.74, 6) is 1.03. The fraction of sp³-hybridized carbons (Fsp3) is 1.00. The Morgan fingerprint density at radius 3 is 2.85 bits per heavy atom. The van der Waals surface area contributed by atoms with Crippen LogP contribution in [0.5, 0.6) is 0 Å². The van der Waals surface area contributed by atoms with Crippen LogP contribution in [0, 0.1) is 5.92 Å². The van der Waals surface area contributed by atoms with Gasteiger partial charge in [-0.1, -0.05) is 0 Å². The van der Waals surface area contributed by atoms with Gasteiger partial charge in [0.2, 0.25) is 0 Å². The fourth-order valence-corrected chi connectivity index (χ4v) is 3.08. The Morgan fingerprint density at radius 2 is 2.31 bits per heavy atom. The quantitative estimate of drug-likeness (QED) is 0.715. The number of nitrogens with zero attached hydrogens (tertiary/aromatic N) is 1. The summed E-state index contributed by atoms with van der Waals surface area (Å²) in [6, 6.07) is 1.71. The Hall–Kier alpha value is -0.0800. The Bertz CT molecular complexity index is 169. The van der Waals surface area contributed by atoms with Crippen molar-refractivity contribution in [3.8, 4) is 0 Å². The number of hydrogen-bond acceptors (Lipinski definition) is 2. The van der Waals surface area contributed by atoms with Gasteiger partial charge in [0.25, 0.3) is 0 Å². The molecule has 2 heteroatoms. The molecule has 1 saturated carbocycles. The molecule has 13 heavy (non-hydrogen) atoms. The number of likely N-dealkylation sites (tertiary alicyclic amines) is 1. The van der Waals surface area contributed by atoms with E-state index in [1.165, 1.54) is 38.6 Å². The molecule has 76 valence electrons. The molecule has 2 N–H and O–H groups in total. The molecule has 1 aliphatic carbocycles. The third-order valence-corrected chi connectivity index (χ3v) is 3.84. The van der Waals surface area contributed by atoms with Crippen molar-refractivity contribution in [2.45, 2.75) is 51.1 Å². The van der Waals surface area contributed by atoms with Crippen molar-refractivity contribution in [3.05, 3.63) is 0 Å². The molecule has 2 bridgehead atoms. The summed E-state index contributed by atoms with van der Waals surface area (Å²) in [4.78, 5) is 2.73. The standard InChI is InChI=1S/C11H22N2/c1-9(3-2-6-12)13-8-10-4-5-11(13)7-10/h9-11H,2-8,12H2,1H3. The molecule has 2 aliphatic rings. The zero-order valence-electron chi connectivity index (χ0n) is 8.71. The van der Waals surface area contributed by atoms with Gasteiger partial charge in [-0.05, 0) is 51.5 Å². The lowest BCUT2D eigenvalue weighted by atomic mass is 10.1. The minimum Gasteiger partial charge on any atom is -0.330 e. The van der Waals surface area contributed by atoms with E-state index in [9.17, 15) is 0 Å². The monoisotopic (exact) mass is 182 g/mol. The highest BCUT2D eigenvalue weighted by Gasteiger charge is 2.39. The van der Waals surface area contributed by atoms with Crippen molar-refractivity contribution in [2.24, 2.45) is 11.7 Å². The molecule has 3 atom stereocenters. The number of fused-ring (bicyclic) bond motifs is 2. The van der Waals surface area contributed by atoms with Crippen LogP contribution in [-0.4, -0.2) is 30.1 Å². The zero-order chi connectivity index (χ0) is 9.26. The first kappa shape index (κ1) is 9.47. The van der Waals surface area contributed by atoms with Crippen molar-refractivity contribution < 1.29 is 0 Å². The molecule has 0 aromatic carbocycles. The van der Waals surface area contributed by atoms with E-state index in [1.807, 2.05) is 0 Å². The number of rotatable bonds is 4. The van der Waals surface area contributed by atoms with Crippen LogP contribution in [0.3, 0.4) is 0 Å². The first-order chi connectivity index (χ1) is 6.31. The molecule has 0 aromatic heterocycles. The van der Waals surface area contributed by atoms with E-state index in [0.29, 0.717) is 0 Å². The molecule has 0 spiro atoms. The molecule has 2 rings (SSSR count). The molecule has 0 amide bonds. The van der Waals surface area contributed by atoms with Crippen LogP contribution in [-0.2, 0) is 0 Å². The van der Waals surface area contributed by atoms with Gasteiger partial charge in [0, 0.05) is 18.6 Å². The van der Waals surface area contributed by atoms with E-state index in [1.54, 1.807) is 0 Å².